The Labute approximate surface area is 116 Å². The largest absolute Gasteiger partial charge is 0.481 e. The first-order chi connectivity index (χ1) is 9.63. The summed E-state index contributed by atoms with van der Waals surface area (Å²) in [7, 11) is 1.54. The topological polar surface area (TPSA) is 121 Å². The van der Waals surface area contributed by atoms with Crippen molar-refractivity contribution in [3.05, 3.63) is 5.82 Å². The zero-order chi connectivity index (χ0) is 14.8. The lowest BCUT2D eigenvalue weighted by Crippen LogP contribution is -2.35. The van der Waals surface area contributed by atoms with Gasteiger partial charge in [0.2, 0.25) is 5.91 Å². The summed E-state index contributed by atoms with van der Waals surface area (Å²) in [5, 5.41) is 22.0. The van der Waals surface area contributed by atoms with Gasteiger partial charge in [-0.2, -0.15) is 5.21 Å². The standard InChI is InChI=1S/C11H19N5O4/c1-20-8-7-16(6-5-11(18)19)10(17)4-2-3-9-12-14-15-13-9/h2-8H2,1H3,(H,18,19)(H,12,13,14,15). The molecule has 0 atom stereocenters. The third-order valence-electron chi connectivity index (χ3n) is 2.69. The predicted octanol–water partition coefficient (Wildman–Crippen LogP) is -0.528. The van der Waals surface area contributed by atoms with Gasteiger partial charge < -0.3 is 14.7 Å². The fourth-order valence-corrected chi connectivity index (χ4v) is 1.64. The van der Waals surface area contributed by atoms with Gasteiger partial charge in [-0.3, -0.25) is 9.59 Å². The van der Waals surface area contributed by atoms with Crippen molar-refractivity contribution in [2.75, 3.05) is 26.8 Å². The second-order valence-corrected chi connectivity index (χ2v) is 4.20. The van der Waals surface area contributed by atoms with Crippen LogP contribution in [0.1, 0.15) is 25.1 Å². The van der Waals surface area contributed by atoms with Crippen molar-refractivity contribution in [1.29, 1.82) is 0 Å². The van der Waals surface area contributed by atoms with Crippen LogP contribution in [0.3, 0.4) is 0 Å². The third kappa shape index (κ3) is 6.23. The van der Waals surface area contributed by atoms with Crippen LogP contribution in [0.15, 0.2) is 0 Å². The number of hydrogen-bond acceptors (Lipinski definition) is 6. The average Bonchev–Trinajstić information content (AvgIpc) is 2.91. The van der Waals surface area contributed by atoms with Gasteiger partial charge in [0.1, 0.15) is 0 Å². The summed E-state index contributed by atoms with van der Waals surface area (Å²) < 4.78 is 4.92. The van der Waals surface area contributed by atoms with E-state index in [2.05, 4.69) is 20.6 Å². The molecule has 1 aromatic heterocycles. The van der Waals surface area contributed by atoms with Crippen molar-refractivity contribution >= 4 is 11.9 Å². The van der Waals surface area contributed by atoms with E-state index in [4.69, 9.17) is 9.84 Å². The van der Waals surface area contributed by atoms with E-state index in [1.165, 1.54) is 12.0 Å². The molecule has 9 nitrogen and oxygen atoms in total. The lowest BCUT2D eigenvalue weighted by atomic mass is 10.2. The van der Waals surface area contributed by atoms with E-state index < -0.39 is 5.97 Å². The molecule has 0 aliphatic heterocycles. The summed E-state index contributed by atoms with van der Waals surface area (Å²) in [6.07, 6.45) is 1.40. The highest BCUT2D eigenvalue weighted by atomic mass is 16.5. The van der Waals surface area contributed by atoms with Crippen molar-refractivity contribution in [3.63, 3.8) is 0 Å². The second kappa shape index (κ2) is 8.97. The van der Waals surface area contributed by atoms with E-state index in [-0.39, 0.29) is 18.9 Å². The quantitative estimate of drug-likeness (QED) is 0.592. The Morgan fingerprint density at radius 1 is 1.35 bits per heavy atom. The number of aryl methyl sites for hydroxylation is 1. The minimum atomic E-state index is -0.924. The molecule has 0 unspecified atom stereocenters. The summed E-state index contributed by atoms with van der Waals surface area (Å²) in [5.41, 5.74) is 0. The summed E-state index contributed by atoms with van der Waals surface area (Å²) in [6, 6.07) is 0. The molecule has 0 saturated heterocycles. The zero-order valence-electron chi connectivity index (χ0n) is 11.4. The van der Waals surface area contributed by atoms with E-state index in [9.17, 15) is 9.59 Å². The first-order valence-corrected chi connectivity index (χ1v) is 6.34. The molecule has 0 aromatic carbocycles. The number of carbonyl (C=O) groups is 2. The normalized spacial score (nSPS) is 10.4. The fraction of sp³-hybridized carbons (Fsp3) is 0.727. The zero-order valence-corrected chi connectivity index (χ0v) is 11.4. The number of aromatic nitrogens is 4. The SMILES string of the molecule is COCCN(CCC(=O)O)C(=O)CCCc1nn[nH]n1. The average molecular weight is 285 g/mol. The van der Waals surface area contributed by atoms with Crippen molar-refractivity contribution < 1.29 is 19.4 Å². The van der Waals surface area contributed by atoms with Gasteiger partial charge in [-0.25, -0.2) is 0 Å². The number of aromatic amines is 1. The Hall–Kier alpha value is -2.03. The highest BCUT2D eigenvalue weighted by molar-refractivity contribution is 5.77. The van der Waals surface area contributed by atoms with Crippen LogP contribution in [0.5, 0.6) is 0 Å². The molecule has 20 heavy (non-hydrogen) atoms. The monoisotopic (exact) mass is 285 g/mol. The maximum Gasteiger partial charge on any atom is 0.305 e. The number of tetrazole rings is 1. The minimum absolute atomic E-state index is 0.0692. The second-order valence-electron chi connectivity index (χ2n) is 4.20. The van der Waals surface area contributed by atoms with Gasteiger partial charge in [0.05, 0.1) is 13.0 Å². The van der Waals surface area contributed by atoms with Gasteiger partial charge in [0.15, 0.2) is 5.82 Å². The number of aliphatic carboxylic acids is 1. The Kier molecular flexibility index (Phi) is 7.18. The molecule has 0 bridgehead atoms. The van der Waals surface area contributed by atoms with Crippen molar-refractivity contribution in [3.8, 4) is 0 Å². The Morgan fingerprint density at radius 2 is 2.15 bits per heavy atom. The summed E-state index contributed by atoms with van der Waals surface area (Å²) >= 11 is 0. The van der Waals surface area contributed by atoms with Crippen LogP contribution in [-0.4, -0.2) is 69.3 Å². The van der Waals surface area contributed by atoms with Crippen molar-refractivity contribution in [1.82, 2.24) is 25.5 Å². The number of carboxylic acid groups (broad SMARTS) is 1. The molecule has 112 valence electrons. The summed E-state index contributed by atoms with van der Waals surface area (Å²) in [6.45, 7) is 0.973. The number of ether oxygens (including phenoxy) is 1. The van der Waals surface area contributed by atoms with E-state index in [1.807, 2.05) is 0 Å². The first kappa shape index (κ1) is 16.0. The minimum Gasteiger partial charge on any atom is -0.481 e. The fourth-order valence-electron chi connectivity index (χ4n) is 1.64. The summed E-state index contributed by atoms with van der Waals surface area (Å²) in [5.74, 6) is -0.453. The van der Waals surface area contributed by atoms with Gasteiger partial charge in [0.25, 0.3) is 0 Å². The third-order valence-corrected chi connectivity index (χ3v) is 2.69. The molecular weight excluding hydrogens is 266 g/mol. The molecule has 2 N–H and O–H groups in total. The molecule has 1 rings (SSSR count). The van der Waals surface area contributed by atoms with Crippen molar-refractivity contribution in [2.45, 2.75) is 25.7 Å². The van der Waals surface area contributed by atoms with E-state index in [1.54, 1.807) is 0 Å². The molecule has 9 heteroatoms. The highest BCUT2D eigenvalue weighted by Crippen LogP contribution is 2.03. The number of carbonyl (C=O) groups excluding carboxylic acids is 1. The van der Waals surface area contributed by atoms with E-state index in [0.717, 1.165) is 0 Å². The van der Waals surface area contributed by atoms with Crippen LogP contribution in [-0.2, 0) is 20.7 Å². The number of nitrogens with one attached hydrogen (secondary N) is 1. The molecule has 0 aliphatic carbocycles. The lowest BCUT2D eigenvalue weighted by molar-refractivity contribution is -0.138. The van der Waals surface area contributed by atoms with Gasteiger partial charge in [-0.15, -0.1) is 10.2 Å². The van der Waals surface area contributed by atoms with Crippen LogP contribution in [0, 0.1) is 0 Å². The van der Waals surface area contributed by atoms with Gasteiger partial charge in [0, 0.05) is 33.0 Å². The van der Waals surface area contributed by atoms with E-state index in [0.29, 0.717) is 38.2 Å². The molecule has 0 saturated carbocycles. The number of amides is 1. The molecular formula is C11H19N5O4. The molecule has 0 fully saturated rings. The number of H-pyrrole nitrogens is 1. The first-order valence-electron chi connectivity index (χ1n) is 6.34. The number of carboxylic acids is 1. The van der Waals surface area contributed by atoms with Crippen LogP contribution < -0.4 is 0 Å². The highest BCUT2D eigenvalue weighted by Gasteiger charge is 2.14. The molecule has 1 heterocycles. The maximum absolute atomic E-state index is 12.0. The molecule has 0 aliphatic rings. The summed E-state index contributed by atoms with van der Waals surface area (Å²) in [4.78, 5) is 24.1. The van der Waals surface area contributed by atoms with E-state index >= 15 is 0 Å². The lowest BCUT2D eigenvalue weighted by Gasteiger charge is -2.21. The molecule has 1 amide bonds. The Bertz CT molecular complexity index is 409. The molecule has 0 radical (unpaired) electrons. The van der Waals surface area contributed by atoms with Crippen LogP contribution in [0.25, 0.3) is 0 Å². The molecule has 0 spiro atoms. The number of methoxy groups -OCH3 is 1. The smallest absolute Gasteiger partial charge is 0.305 e. The number of rotatable bonds is 10. The molecule has 1 aromatic rings. The Balaban J connectivity index is 2.34. The van der Waals surface area contributed by atoms with Crippen LogP contribution in [0.4, 0.5) is 0 Å². The van der Waals surface area contributed by atoms with Gasteiger partial charge in [-0.05, 0) is 6.42 Å². The maximum atomic E-state index is 12.0. The van der Waals surface area contributed by atoms with Crippen LogP contribution in [0.2, 0.25) is 0 Å². The predicted molar refractivity (Wildman–Crippen MR) is 67.8 cm³/mol. The van der Waals surface area contributed by atoms with Crippen molar-refractivity contribution in [2.24, 2.45) is 0 Å². The number of nitrogens with zero attached hydrogens (tertiary/aromatic N) is 4. The van der Waals surface area contributed by atoms with Gasteiger partial charge >= 0.3 is 5.97 Å². The Morgan fingerprint density at radius 3 is 2.75 bits per heavy atom. The number of hydrogen-bond donors (Lipinski definition) is 2. The van der Waals surface area contributed by atoms with Gasteiger partial charge in [-0.1, -0.05) is 5.21 Å². The van der Waals surface area contributed by atoms with Crippen LogP contribution >= 0.6 is 0 Å².